The van der Waals surface area contributed by atoms with Crippen molar-refractivity contribution in [1.82, 2.24) is 0 Å². The Balaban J connectivity index is 2.11. The number of ketones is 1. The molecule has 2 aromatic rings. The number of aliphatic carboxylic acids is 1. The quantitative estimate of drug-likeness (QED) is 0.877. The van der Waals surface area contributed by atoms with Gasteiger partial charge in [0.15, 0.2) is 5.76 Å². The first kappa shape index (κ1) is 13.9. The molecular formula is C16H14O4S. The van der Waals surface area contributed by atoms with E-state index in [1.165, 1.54) is 6.26 Å². The van der Waals surface area contributed by atoms with Gasteiger partial charge in [-0.2, -0.15) is 0 Å². The van der Waals surface area contributed by atoms with Crippen molar-refractivity contribution >= 4 is 23.5 Å². The number of fused-ring (bicyclic) bond motifs is 1. The predicted molar refractivity (Wildman–Crippen MR) is 79.1 cm³/mol. The molecule has 1 aromatic carbocycles. The molecule has 1 atom stereocenters. The highest BCUT2D eigenvalue weighted by atomic mass is 32.2. The number of carbonyl (C=O) groups is 2. The molecular weight excluding hydrogens is 288 g/mol. The lowest BCUT2D eigenvalue weighted by Crippen LogP contribution is -2.10. The maximum absolute atomic E-state index is 12.6. The minimum Gasteiger partial charge on any atom is -0.481 e. The number of thioether (sulfide) groups is 1. The van der Waals surface area contributed by atoms with Crippen LogP contribution in [-0.4, -0.2) is 22.6 Å². The monoisotopic (exact) mass is 302 g/mol. The molecule has 1 N–H and O–H groups in total. The van der Waals surface area contributed by atoms with Gasteiger partial charge < -0.3 is 9.52 Å². The Labute approximate surface area is 126 Å². The molecule has 1 aliphatic heterocycles. The Morgan fingerprint density at radius 1 is 1.38 bits per heavy atom. The molecule has 1 aliphatic rings. The maximum Gasteiger partial charge on any atom is 0.310 e. The van der Waals surface area contributed by atoms with Gasteiger partial charge in [0.1, 0.15) is 0 Å². The summed E-state index contributed by atoms with van der Waals surface area (Å²) < 4.78 is 5.18. The van der Waals surface area contributed by atoms with Crippen molar-refractivity contribution in [3.05, 3.63) is 53.0 Å². The highest BCUT2D eigenvalue weighted by molar-refractivity contribution is 7.99. The first-order valence-electron chi connectivity index (χ1n) is 6.68. The first-order valence-corrected chi connectivity index (χ1v) is 7.67. The summed E-state index contributed by atoms with van der Waals surface area (Å²) in [6, 6.07) is 6.90. The number of hydrogen-bond donors (Lipinski definition) is 1. The smallest absolute Gasteiger partial charge is 0.310 e. The van der Waals surface area contributed by atoms with Crippen LogP contribution in [0.2, 0.25) is 0 Å². The molecule has 0 bridgehead atoms. The van der Waals surface area contributed by atoms with Crippen LogP contribution in [0.4, 0.5) is 0 Å². The van der Waals surface area contributed by atoms with Crippen LogP contribution in [0.1, 0.15) is 40.1 Å². The largest absolute Gasteiger partial charge is 0.481 e. The van der Waals surface area contributed by atoms with Crippen molar-refractivity contribution in [3.63, 3.8) is 0 Å². The Hall–Kier alpha value is -2.01. The summed E-state index contributed by atoms with van der Waals surface area (Å²) in [5.74, 6) is -0.519. The van der Waals surface area contributed by atoms with Gasteiger partial charge in [-0.05, 0) is 42.7 Å². The van der Waals surface area contributed by atoms with Gasteiger partial charge in [0.05, 0.1) is 12.2 Å². The second-order valence-electron chi connectivity index (χ2n) is 5.02. The van der Waals surface area contributed by atoms with E-state index in [-0.39, 0.29) is 11.5 Å². The molecule has 0 amide bonds. The molecule has 2 heterocycles. The van der Waals surface area contributed by atoms with Gasteiger partial charge in [0.25, 0.3) is 0 Å². The van der Waals surface area contributed by atoms with E-state index in [9.17, 15) is 14.7 Å². The molecule has 0 radical (unpaired) electrons. The third-order valence-electron chi connectivity index (χ3n) is 3.67. The second kappa shape index (κ2) is 5.41. The van der Waals surface area contributed by atoms with Crippen molar-refractivity contribution in [2.24, 2.45) is 0 Å². The lowest BCUT2D eigenvalue weighted by Gasteiger charge is -2.12. The molecule has 108 valence electrons. The lowest BCUT2D eigenvalue weighted by molar-refractivity contribution is -0.138. The molecule has 0 saturated carbocycles. The highest BCUT2D eigenvalue weighted by Crippen LogP contribution is 2.37. The van der Waals surface area contributed by atoms with E-state index in [0.717, 1.165) is 22.6 Å². The van der Waals surface area contributed by atoms with Gasteiger partial charge >= 0.3 is 5.97 Å². The number of carboxylic acid groups (broad SMARTS) is 1. The fourth-order valence-electron chi connectivity index (χ4n) is 2.43. The number of rotatable bonds is 4. The average molecular weight is 302 g/mol. The number of furan rings is 1. The number of aryl methyl sites for hydroxylation is 1. The Kier molecular flexibility index (Phi) is 3.59. The van der Waals surface area contributed by atoms with Crippen molar-refractivity contribution in [2.45, 2.75) is 24.2 Å². The maximum atomic E-state index is 12.6. The standard InChI is InChI=1S/C16H14O4S/c1-9(16(18)19)11-7-10-4-6-21-15(10)12(8-11)14(17)13-3-2-5-20-13/h2-3,5,7-9H,4,6H2,1H3,(H,18,19). The molecule has 5 heteroatoms. The van der Waals surface area contributed by atoms with Gasteiger partial charge in [0, 0.05) is 16.2 Å². The van der Waals surface area contributed by atoms with Crippen LogP contribution in [0.3, 0.4) is 0 Å². The molecule has 0 fully saturated rings. The molecule has 1 aromatic heterocycles. The SMILES string of the molecule is CC(C(=O)O)c1cc2c(c(C(=O)c3ccco3)c1)SCC2. The number of benzene rings is 1. The highest BCUT2D eigenvalue weighted by Gasteiger charge is 2.26. The topological polar surface area (TPSA) is 67.5 Å². The summed E-state index contributed by atoms with van der Waals surface area (Å²) in [6.07, 6.45) is 2.32. The molecule has 21 heavy (non-hydrogen) atoms. The molecule has 0 spiro atoms. The van der Waals surface area contributed by atoms with E-state index in [1.54, 1.807) is 36.9 Å². The summed E-state index contributed by atoms with van der Waals surface area (Å²) >= 11 is 1.64. The number of carboxylic acids is 1. The van der Waals surface area contributed by atoms with E-state index in [2.05, 4.69) is 0 Å². The fourth-order valence-corrected chi connectivity index (χ4v) is 3.61. The van der Waals surface area contributed by atoms with Gasteiger partial charge in [-0.25, -0.2) is 0 Å². The van der Waals surface area contributed by atoms with Gasteiger partial charge in [-0.15, -0.1) is 11.8 Å². The zero-order valence-electron chi connectivity index (χ0n) is 11.5. The summed E-state index contributed by atoms with van der Waals surface area (Å²) in [4.78, 5) is 24.7. The van der Waals surface area contributed by atoms with Crippen LogP contribution in [-0.2, 0) is 11.2 Å². The van der Waals surface area contributed by atoms with Gasteiger partial charge in [-0.1, -0.05) is 6.07 Å². The fraction of sp³-hybridized carbons (Fsp3) is 0.250. The molecule has 0 aliphatic carbocycles. The minimum absolute atomic E-state index is 0.190. The Bertz CT molecular complexity index is 703. The van der Waals surface area contributed by atoms with Crippen LogP contribution in [0, 0.1) is 0 Å². The van der Waals surface area contributed by atoms with Crippen molar-refractivity contribution in [3.8, 4) is 0 Å². The lowest BCUT2D eigenvalue weighted by atomic mass is 9.93. The Morgan fingerprint density at radius 2 is 2.19 bits per heavy atom. The number of carbonyl (C=O) groups excluding carboxylic acids is 1. The van der Waals surface area contributed by atoms with E-state index in [0.29, 0.717) is 11.1 Å². The van der Waals surface area contributed by atoms with Crippen LogP contribution in [0.15, 0.2) is 39.8 Å². The summed E-state index contributed by atoms with van der Waals surface area (Å²) in [6.45, 7) is 1.63. The second-order valence-corrected chi connectivity index (χ2v) is 6.13. The van der Waals surface area contributed by atoms with E-state index in [1.807, 2.05) is 6.07 Å². The number of hydrogen-bond acceptors (Lipinski definition) is 4. The van der Waals surface area contributed by atoms with Crippen LogP contribution < -0.4 is 0 Å². The van der Waals surface area contributed by atoms with Crippen LogP contribution in [0.5, 0.6) is 0 Å². The van der Waals surface area contributed by atoms with Gasteiger partial charge in [-0.3, -0.25) is 9.59 Å². The zero-order chi connectivity index (χ0) is 15.0. The van der Waals surface area contributed by atoms with Crippen molar-refractivity contribution in [2.75, 3.05) is 5.75 Å². The van der Waals surface area contributed by atoms with Crippen molar-refractivity contribution < 1.29 is 19.1 Å². The third-order valence-corrected chi connectivity index (χ3v) is 4.85. The molecule has 1 unspecified atom stereocenters. The Morgan fingerprint density at radius 3 is 2.86 bits per heavy atom. The van der Waals surface area contributed by atoms with E-state index in [4.69, 9.17) is 4.42 Å². The predicted octanol–water partition coefficient (Wildman–Crippen LogP) is 3.35. The molecule has 4 nitrogen and oxygen atoms in total. The zero-order valence-corrected chi connectivity index (χ0v) is 12.3. The van der Waals surface area contributed by atoms with Crippen LogP contribution in [0.25, 0.3) is 0 Å². The summed E-state index contributed by atoms with van der Waals surface area (Å²) in [7, 11) is 0. The van der Waals surface area contributed by atoms with E-state index >= 15 is 0 Å². The third kappa shape index (κ3) is 2.49. The molecule has 3 rings (SSSR count). The summed E-state index contributed by atoms with van der Waals surface area (Å²) in [5.41, 5.74) is 2.27. The average Bonchev–Trinajstić information content (AvgIpc) is 3.15. The van der Waals surface area contributed by atoms with Crippen LogP contribution >= 0.6 is 11.8 Å². The molecule has 0 saturated heterocycles. The van der Waals surface area contributed by atoms with E-state index < -0.39 is 11.9 Å². The minimum atomic E-state index is -0.892. The van der Waals surface area contributed by atoms with Crippen molar-refractivity contribution in [1.29, 1.82) is 0 Å². The van der Waals surface area contributed by atoms with Gasteiger partial charge in [0.2, 0.25) is 5.78 Å². The normalized spacial score (nSPS) is 14.7. The first-order chi connectivity index (χ1) is 10.1. The summed E-state index contributed by atoms with van der Waals surface area (Å²) in [5, 5.41) is 9.19.